The predicted molar refractivity (Wildman–Crippen MR) is 124 cm³/mol. The normalized spacial score (nSPS) is 16.1. The van der Waals surface area contributed by atoms with Gasteiger partial charge in [0.2, 0.25) is 0 Å². The van der Waals surface area contributed by atoms with Gasteiger partial charge in [0.15, 0.2) is 0 Å². The minimum absolute atomic E-state index is 0.240. The van der Waals surface area contributed by atoms with Crippen LogP contribution in [0.25, 0.3) is 5.57 Å². The van der Waals surface area contributed by atoms with Gasteiger partial charge in [-0.2, -0.15) is 0 Å². The molecule has 1 aromatic carbocycles. The highest BCUT2D eigenvalue weighted by Crippen LogP contribution is 2.44. The van der Waals surface area contributed by atoms with E-state index in [4.69, 9.17) is 27.1 Å². The lowest BCUT2D eigenvalue weighted by atomic mass is 9.88. The standard InChI is InChI=1S/C23H25BrClN3O2/c1-3-30-23(29)28-8-6-14(7-9-28)19-17-11-18(26)21(25)20(24)16(17)5-4-15-10-13(2)12-27-22(15)19/h10-12H,3-9,26H2,1-2H3. The Hall–Kier alpha value is -2.05. The molecule has 5 nitrogen and oxygen atoms in total. The Morgan fingerprint density at radius 1 is 1.27 bits per heavy atom. The number of nitrogen functional groups attached to an aromatic ring is 1. The highest BCUT2D eigenvalue weighted by atomic mass is 79.9. The molecule has 0 unspecified atom stereocenters. The van der Waals surface area contributed by atoms with Crippen molar-refractivity contribution >= 4 is 44.9 Å². The number of piperidine rings is 1. The number of benzene rings is 1. The summed E-state index contributed by atoms with van der Waals surface area (Å²) in [7, 11) is 0. The molecule has 0 saturated carbocycles. The molecule has 4 rings (SSSR count). The molecule has 2 N–H and O–H groups in total. The van der Waals surface area contributed by atoms with Crippen molar-refractivity contribution in [2.75, 3.05) is 25.4 Å². The lowest BCUT2D eigenvalue weighted by Crippen LogP contribution is -2.37. The summed E-state index contributed by atoms with van der Waals surface area (Å²) in [5, 5.41) is 0.560. The Balaban J connectivity index is 1.84. The number of likely N-dealkylation sites (tertiary alicyclic amines) is 1. The first-order valence-corrected chi connectivity index (χ1v) is 11.4. The van der Waals surface area contributed by atoms with Crippen LogP contribution in [0.15, 0.2) is 28.4 Å². The van der Waals surface area contributed by atoms with Crippen molar-refractivity contribution in [3.05, 3.63) is 61.3 Å². The average Bonchev–Trinajstić information content (AvgIpc) is 2.89. The maximum Gasteiger partial charge on any atom is 0.409 e. The van der Waals surface area contributed by atoms with Crippen molar-refractivity contribution in [2.45, 2.75) is 39.5 Å². The van der Waals surface area contributed by atoms with E-state index in [-0.39, 0.29) is 6.09 Å². The molecule has 2 heterocycles. The van der Waals surface area contributed by atoms with Crippen LogP contribution in [0.1, 0.15) is 47.7 Å². The number of hydrogen-bond acceptors (Lipinski definition) is 4. The van der Waals surface area contributed by atoms with Crippen molar-refractivity contribution in [1.82, 2.24) is 9.88 Å². The number of aryl methyl sites for hydroxylation is 2. The number of pyridine rings is 1. The number of ether oxygens (including phenoxy) is 1. The zero-order valence-electron chi connectivity index (χ0n) is 17.2. The summed E-state index contributed by atoms with van der Waals surface area (Å²) in [6.45, 7) is 5.56. The second kappa shape index (κ2) is 8.60. The molecule has 30 heavy (non-hydrogen) atoms. The minimum Gasteiger partial charge on any atom is -0.450 e. The first kappa shape index (κ1) is 21.2. The molecule has 1 aliphatic heterocycles. The molecule has 1 aromatic heterocycles. The van der Waals surface area contributed by atoms with E-state index in [2.05, 4.69) is 28.9 Å². The molecule has 2 aliphatic rings. The third-order valence-corrected chi connectivity index (χ3v) is 7.35. The van der Waals surface area contributed by atoms with Gasteiger partial charge < -0.3 is 15.4 Å². The van der Waals surface area contributed by atoms with Crippen molar-refractivity contribution in [3.8, 4) is 0 Å². The molecular weight excluding hydrogens is 466 g/mol. The van der Waals surface area contributed by atoms with Crippen LogP contribution in [0.5, 0.6) is 0 Å². The fourth-order valence-corrected chi connectivity index (χ4v) is 5.17. The molecule has 7 heteroatoms. The molecule has 0 spiro atoms. The molecule has 1 aliphatic carbocycles. The van der Waals surface area contributed by atoms with E-state index in [0.29, 0.717) is 30.4 Å². The van der Waals surface area contributed by atoms with Gasteiger partial charge in [0.05, 0.1) is 23.0 Å². The van der Waals surface area contributed by atoms with Crippen LogP contribution in [-0.4, -0.2) is 35.7 Å². The van der Waals surface area contributed by atoms with E-state index in [9.17, 15) is 4.79 Å². The summed E-state index contributed by atoms with van der Waals surface area (Å²) >= 11 is 10.1. The Morgan fingerprint density at radius 2 is 2.00 bits per heavy atom. The van der Waals surface area contributed by atoms with E-state index in [1.54, 1.807) is 4.90 Å². The maximum atomic E-state index is 12.1. The number of carbonyl (C=O) groups is 1. The van der Waals surface area contributed by atoms with Crippen LogP contribution in [0.3, 0.4) is 0 Å². The Labute approximate surface area is 190 Å². The van der Waals surface area contributed by atoms with E-state index in [1.807, 2.05) is 19.2 Å². The number of halogens is 2. The SMILES string of the molecule is CCOC(=O)N1CCC(=C2c3cc(N)c(Cl)c(Br)c3CCc3cc(C)cnc32)CC1. The number of rotatable bonds is 1. The van der Waals surface area contributed by atoms with E-state index in [1.165, 1.54) is 16.7 Å². The van der Waals surface area contributed by atoms with Crippen LogP contribution >= 0.6 is 27.5 Å². The second-order valence-corrected chi connectivity index (χ2v) is 8.98. The number of hydrogen-bond donors (Lipinski definition) is 1. The molecule has 1 amide bonds. The number of aromatic nitrogens is 1. The number of fused-ring (bicyclic) bond motifs is 2. The summed E-state index contributed by atoms with van der Waals surface area (Å²) in [6.07, 6.45) is 5.00. The van der Waals surface area contributed by atoms with Gasteiger partial charge in [0.25, 0.3) is 0 Å². The lowest BCUT2D eigenvalue weighted by Gasteiger charge is -2.29. The van der Waals surface area contributed by atoms with Crippen molar-refractivity contribution in [2.24, 2.45) is 0 Å². The maximum absolute atomic E-state index is 12.1. The van der Waals surface area contributed by atoms with Gasteiger partial charge in [0, 0.05) is 29.3 Å². The van der Waals surface area contributed by atoms with Gasteiger partial charge >= 0.3 is 6.09 Å². The zero-order valence-corrected chi connectivity index (χ0v) is 19.6. The van der Waals surface area contributed by atoms with Gasteiger partial charge in [0.1, 0.15) is 0 Å². The smallest absolute Gasteiger partial charge is 0.409 e. The van der Waals surface area contributed by atoms with Crippen LogP contribution in [0, 0.1) is 6.92 Å². The zero-order chi connectivity index (χ0) is 21.4. The number of anilines is 1. The number of amides is 1. The second-order valence-electron chi connectivity index (χ2n) is 7.80. The predicted octanol–water partition coefficient (Wildman–Crippen LogP) is 5.54. The Kier molecular flexibility index (Phi) is 6.07. The Bertz CT molecular complexity index is 1040. The molecule has 0 atom stereocenters. The van der Waals surface area contributed by atoms with Crippen LogP contribution < -0.4 is 5.73 Å². The molecule has 0 bridgehead atoms. The van der Waals surface area contributed by atoms with Gasteiger partial charge in [-0.1, -0.05) is 23.2 Å². The third-order valence-electron chi connectivity index (χ3n) is 5.84. The van der Waals surface area contributed by atoms with E-state index >= 15 is 0 Å². The fourth-order valence-electron chi connectivity index (χ4n) is 4.37. The molecule has 2 aromatic rings. The average molecular weight is 491 g/mol. The number of nitrogens with two attached hydrogens (primary N) is 1. The highest BCUT2D eigenvalue weighted by Gasteiger charge is 2.28. The molecule has 158 valence electrons. The largest absolute Gasteiger partial charge is 0.450 e. The van der Waals surface area contributed by atoms with E-state index < -0.39 is 0 Å². The topological polar surface area (TPSA) is 68.5 Å². The monoisotopic (exact) mass is 489 g/mol. The fraction of sp³-hybridized carbons (Fsp3) is 0.391. The number of nitrogens with zero attached hydrogens (tertiary/aromatic N) is 2. The van der Waals surface area contributed by atoms with Gasteiger partial charge in [-0.25, -0.2) is 4.79 Å². The number of carbonyl (C=O) groups excluding carboxylic acids is 1. The lowest BCUT2D eigenvalue weighted by molar-refractivity contribution is 0.104. The van der Waals surface area contributed by atoms with Crippen molar-refractivity contribution < 1.29 is 9.53 Å². The molecule has 1 saturated heterocycles. The Morgan fingerprint density at radius 3 is 2.70 bits per heavy atom. The first-order chi connectivity index (χ1) is 14.4. The molecule has 0 radical (unpaired) electrons. The highest BCUT2D eigenvalue weighted by molar-refractivity contribution is 9.10. The van der Waals surface area contributed by atoms with Gasteiger partial charge in [-0.15, -0.1) is 0 Å². The molecule has 1 fully saturated rings. The quantitative estimate of drug-likeness (QED) is 0.533. The third kappa shape index (κ3) is 3.83. The first-order valence-electron chi connectivity index (χ1n) is 10.3. The van der Waals surface area contributed by atoms with Crippen LogP contribution in [-0.2, 0) is 17.6 Å². The summed E-state index contributed by atoms with van der Waals surface area (Å²) in [4.78, 5) is 18.8. The minimum atomic E-state index is -0.240. The van der Waals surface area contributed by atoms with Gasteiger partial charge in [-0.05, 0) is 83.8 Å². The van der Waals surface area contributed by atoms with Crippen molar-refractivity contribution in [3.63, 3.8) is 0 Å². The van der Waals surface area contributed by atoms with E-state index in [0.717, 1.165) is 52.5 Å². The summed E-state index contributed by atoms with van der Waals surface area (Å²) < 4.78 is 6.04. The van der Waals surface area contributed by atoms with Crippen LogP contribution in [0.2, 0.25) is 5.02 Å². The van der Waals surface area contributed by atoms with Crippen LogP contribution in [0.4, 0.5) is 10.5 Å². The van der Waals surface area contributed by atoms with Gasteiger partial charge in [-0.3, -0.25) is 4.98 Å². The molecular formula is C23H25BrClN3O2. The summed E-state index contributed by atoms with van der Waals surface area (Å²) in [6, 6.07) is 4.21. The summed E-state index contributed by atoms with van der Waals surface area (Å²) in [5.74, 6) is 0. The summed E-state index contributed by atoms with van der Waals surface area (Å²) in [5.41, 5.74) is 14.9. The van der Waals surface area contributed by atoms with Crippen molar-refractivity contribution in [1.29, 1.82) is 0 Å².